The van der Waals surface area contributed by atoms with Crippen LogP contribution in [0.15, 0.2) is 4.99 Å². The van der Waals surface area contributed by atoms with Gasteiger partial charge in [0.05, 0.1) is 13.2 Å². The predicted molar refractivity (Wildman–Crippen MR) is 118 cm³/mol. The lowest BCUT2D eigenvalue weighted by atomic mass is 10.0. The van der Waals surface area contributed by atoms with Crippen molar-refractivity contribution >= 4 is 35.8 Å². The quantitative estimate of drug-likeness (QED) is 0.225. The first-order chi connectivity index (χ1) is 12.0. The number of morpholine rings is 1. The summed E-state index contributed by atoms with van der Waals surface area (Å²) in [5.74, 6) is 1.26. The maximum absolute atomic E-state index is 11.8. The van der Waals surface area contributed by atoms with Crippen molar-refractivity contribution in [3.8, 4) is 0 Å². The number of halogens is 1. The van der Waals surface area contributed by atoms with Gasteiger partial charge in [0.1, 0.15) is 6.54 Å². The van der Waals surface area contributed by atoms with Crippen LogP contribution in [0.3, 0.4) is 0 Å². The number of likely N-dealkylation sites (N-methyl/N-ethyl adjacent to an activating group) is 1. The molecule has 1 amide bonds. The van der Waals surface area contributed by atoms with Gasteiger partial charge < -0.3 is 20.3 Å². The fourth-order valence-electron chi connectivity index (χ4n) is 2.74. The number of nitrogens with one attached hydrogen (secondary N) is 2. The van der Waals surface area contributed by atoms with Crippen molar-refractivity contribution in [2.75, 3.05) is 60.0 Å². The molecule has 0 aliphatic carbocycles. The smallest absolute Gasteiger partial charge is 0.243 e. The summed E-state index contributed by atoms with van der Waals surface area (Å²) in [5, 5.41) is 6.77. The molecular formula is C18H38IN5O2. The number of amides is 1. The van der Waals surface area contributed by atoms with E-state index in [4.69, 9.17) is 4.74 Å². The third-order valence-corrected chi connectivity index (χ3v) is 4.46. The predicted octanol–water partition coefficient (Wildman–Crippen LogP) is 1.38. The third kappa shape index (κ3) is 9.91. The highest BCUT2D eigenvalue weighted by Gasteiger charge is 2.23. The number of hydrogen-bond donors (Lipinski definition) is 2. The van der Waals surface area contributed by atoms with E-state index in [9.17, 15) is 4.79 Å². The molecule has 1 aliphatic rings. The molecule has 0 radical (unpaired) electrons. The van der Waals surface area contributed by atoms with E-state index in [1.807, 2.05) is 0 Å². The lowest BCUT2D eigenvalue weighted by molar-refractivity contribution is -0.127. The molecule has 1 rings (SSSR count). The van der Waals surface area contributed by atoms with E-state index >= 15 is 0 Å². The van der Waals surface area contributed by atoms with Gasteiger partial charge in [0.25, 0.3) is 0 Å². The zero-order chi connectivity index (χ0) is 18.7. The summed E-state index contributed by atoms with van der Waals surface area (Å²) in [6.45, 7) is 12.0. The van der Waals surface area contributed by atoms with Gasteiger partial charge in [-0.05, 0) is 12.3 Å². The zero-order valence-electron chi connectivity index (χ0n) is 17.1. The molecule has 8 heteroatoms. The van der Waals surface area contributed by atoms with Crippen molar-refractivity contribution in [2.24, 2.45) is 10.9 Å². The Hall–Kier alpha value is -0.610. The maximum atomic E-state index is 11.8. The molecule has 0 aromatic rings. The Morgan fingerprint density at radius 1 is 1.23 bits per heavy atom. The summed E-state index contributed by atoms with van der Waals surface area (Å²) in [5.41, 5.74) is 0. The molecule has 7 nitrogen and oxygen atoms in total. The average molecular weight is 483 g/mol. The molecule has 0 spiro atoms. The molecule has 2 N–H and O–H groups in total. The number of hydrogen-bond acceptors (Lipinski definition) is 4. The van der Waals surface area contributed by atoms with Crippen LogP contribution in [-0.4, -0.2) is 87.7 Å². The molecule has 0 aromatic heterocycles. The largest absolute Gasteiger partial charge is 0.379 e. The molecule has 0 saturated carbocycles. The number of carbonyl (C=O) groups excluding carboxylic acids is 1. The van der Waals surface area contributed by atoms with Crippen molar-refractivity contribution in [1.29, 1.82) is 0 Å². The molecule has 154 valence electrons. The first kappa shape index (κ1) is 25.4. The minimum absolute atomic E-state index is 0. The van der Waals surface area contributed by atoms with Gasteiger partial charge in [-0.25, -0.2) is 4.99 Å². The maximum Gasteiger partial charge on any atom is 0.243 e. The first-order valence-electron chi connectivity index (χ1n) is 9.49. The highest BCUT2D eigenvalue weighted by atomic mass is 127. The highest BCUT2D eigenvalue weighted by Crippen LogP contribution is 2.12. The lowest BCUT2D eigenvalue weighted by Gasteiger charge is -2.37. The third-order valence-electron chi connectivity index (χ3n) is 4.46. The summed E-state index contributed by atoms with van der Waals surface area (Å²) in [4.78, 5) is 20.3. The normalized spacial score (nSPS) is 16.8. The van der Waals surface area contributed by atoms with Crippen LogP contribution in [0.2, 0.25) is 0 Å². The van der Waals surface area contributed by atoms with E-state index in [-0.39, 0.29) is 36.4 Å². The van der Waals surface area contributed by atoms with E-state index in [0.717, 1.165) is 58.2 Å². The van der Waals surface area contributed by atoms with Crippen LogP contribution in [0.5, 0.6) is 0 Å². The Kier molecular flexibility index (Phi) is 14.1. The second-order valence-corrected chi connectivity index (χ2v) is 7.07. The molecule has 1 atom stereocenters. The Labute approximate surface area is 176 Å². The van der Waals surface area contributed by atoms with Gasteiger partial charge in [0, 0.05) is 46.3 Å². The van der Waals surface area contributed by atoms with Crippen LogP contribution in [0.4, 0.5) is 0 Å². The number of rotatable bonds is 9. The molecule has 1 heterocycles. The summed E-state index contributed by atoms with van der Waals surface area (Å²) in [6.07, 6.45) is 2.21. The molecule has 1 fully saturated rings. The standard InChI is InChI=1S/C18H37N5O2.HI/c1-6-7-8-19-18(21-14-17(24)22(4)5)20-13-16(15(2)3)23-9-11-25-12-10-23;/h15-16H,6-14H2,1-5H3,(H2,19,20,21);1H. The molecule has 1 aliphatic heterocycles. The van der Waals surface area contributed by atoms with E-state index in [1.165, 1.54) is 0 Å². The van der Waals surface area contributed by atoms with Crippen molar-refractivity contribution in [1.82, 2.24) is 20.4 Å². The lowest BCUT2D eigenvalue weighted by Crippen LogP contribution is -2.52. The first-order valence-corrected chi connectivity index (χ1v) is 9.49. The number of carbonyl (C=O) groups is 1. The molecule has 0 bridgehead atoms. The van der Waals surface area contributed by atoms with Crippen LogP contribution < -0.4 is 10.6 Å². The van der Waals surface area contributed by atoms with Crippen LogP contribution in [-0.2, 0) is 9.53 Å². The fraction of sp³-hybridized carbons (Fsp3) is 0.889. The summed E-state index contributed by atoms with van der Waals surface area (Å²) in [7, 11) is 3.51. The highest BCUT2D eigenvalue weighted by molar-refractivity contribution is 14.0. The van der Waals surface area contributed by atoms with Crippen LogP contribution >= 0.6 is 24.0 Å². The average Bonchev–Trinajstić information content (AvgIpc) is 2.59. The molecule has 0 aromatic carbocycles. The van der Waals surface area contributed by atoms with Gasteiger partial charge in [-0.2, -0.15) is 0 Å². The Morgan fingerprint density at radius 2 is 1.88 bits per heavy atom. The SMILES string of the molecule is CCCCNC(=NCC(=O)N(C)C)NCC(C(C)C)N1CCOCC1.I. The second kappa shape index (κ2) is 14.4. The number of unbranched alkanes of at least 4 members (excludes halogenated alkanes) is 1. The number of aliphatic imine (C=N–C) groups is 1. The Balaban J connectivity index is 0.00000625. The summed E-state index contributed by atoms with van der Waals surface area (Å²) >= 11 is 0. The Bertz CT molecular complexity index is 412. The van der Waals surface area contributed by atoms with E-state index in [0.29, 0.717) is 12.0 Å². The number of ether oxygens (including phenoxy) is 1. The van der Waals surface area contributed by atoms with Crippen LogP contribution in [0, 0.1) is 5.92 Å². The van der Waals surface area contributed by atoms with E-state index in [1.54, 1.807) is 19.0 Å². The summed E-state index contributed by atoms with van der Waals surface area (Å²) in [6, 6.07) is 0.423. The van der Waals surface area contributed by atoms with Crippen LogP contribution in [0.1, 0.15) is 33.6 Å². The van der Waals surface area contributed by atoms with Crippen molar-refractivity contribution in [3.05, 3.63) is 0 Å². The monoisotopic (exact) mass is 483 g/mol. The van der Waals surface area contributed by atoms with Crippen molar-refractivity contribution in [3.63, 3.8) is 0 Å². The molecule has 1 unspecified atom stereocenters. The molecule has 26 heavy (non-hydrogen) atoms. The Morgan fingerprint density at radius 3 is 2.42 bits per heavy atom. The van der Waals surface area contributed by atoms with Crippen molar-refractivity contribution < 1.29 is 9.53 Å². The number of guanidine groups is 1. The van der Waals surface area contributed by atoms with E-state index < -0.39 is 0 Å². The molecular weight excluding hydrogens is 445 g/mol. The topological polar surface area (TPSA) is 69.2 Å². The second-order valence-electron chi connectivity index (χ2n) is 7.07. The van der Waals surface area contributed by atoms with Gasteiger partial charge in [0.15, 0.2) is 5.96 Å². The minimum atomic E-state index is 0. The van der Waals surface area contributed by atoms with Gasteiger partial charge in [-0.1, -0.05) is 27.2 Å². The summed E-state index contributed by atoms with van der Waals surface area (Å²) < 4.78 is 5.47. The minimum Gasteiger partial charge on any atom is -0.379 e. The zero-order valence-corrected chi connectivity index (χ0v) is 19.4. The van der Waals surface area contributed by atoms with Crippen LogP contribution in [0.25, 0.3) is 0 Å². The molecule has 1 saturated heterocycles. The number of nitrogens with zero attached hydrogens (tertiary/aromatic N) is 3. The van der Waals surface area contributed by atoms with Gasteiger partial charge in [-0.3, -0.25) is 9.69 Å². The van der Waals surface area contributed by atoms with Gasteiger partial charge in [0.2, 0.25) is 5.91 Å². The van der Waals surface area contributed by atoms with Crippen molar-refractivity contribution in [2.45, 2.75) is 39.7 Å². The van der Waals surface area contributed by atoms with E-state index in [2.05, 4.69) is 41.3 Å². The fourth-order valence-corrected chi connectivity index (χ4v) is 2.74. The van der Waals surface area contributed by atoms with Gasteiger partial charge in [-0.15, -0.1) is 24.0 Å². The van der Waals surface area contributed by atoms with Gasteiger partial charge >= 0.3 is 0 Å².